The molecule has 2 aromatic rings. The van der Waals surface area contributed by atoms with Crippen molar-refractivity contribution in [2.45, 2.75) is 6.42 Å². The van der Waals surface area contributed by atoms with Crippen LogP contribution in [0.25, 0.3) is 5.69 Å². The molecule has 2 heterocycles. The standard InChI is InChI=1S/C15H17BrN4O/c16-13-2-1-3-14(6-13)20-10-12(8-18-20)15(21)19-5-4-11(7-17)9-19/h1-3,6,8,10-11H,4-5,7,9,17H2. The number of amides is 1. The number of hydrogen-bond donors (Lipinski definition) is 1. The molecule has 1 saturated heterocycles. The summed E-state index contributed by atoms with van der Waals surface area (Å²) in [6.07, 6.45) is 4.39. The predicted octanol–water partition coefficient (Wildman–Crippen LogP) is 2.06. The summed E-state index contributed by atoms with van der Waals surface area (Å²) in [4.78, 5) is 14.3. The van der Waals surface area contributed by atoms with E-state index in [9.17, 15) is 4.79 Å². The van der Waals surface area contributed by atoms with E-state index in [1.165, 1.54) is 0 Å². The summed E-state index contributed by atoms with van der Waals surface area (Å²) in [5, 5.41) is 4.28. The third-order valence-electron chi connectivity index (χ3n) is 3.81. The molecule has 1 aliphatic heterocycles. The molecule has 0 spiro atoms. The van der Waals surface area contributed by atoms with Crippen molar-refractivity contribution in [3.63, 3.8) is 0 Å². The summed E-state index contributed by atoms with van der Waals surface area (Å²) in [6, 6.07) is 7.80. The Morgan fingerprint density at radius 2 is 2.33 bits per heavy atom. The van der Waals surface area contributed by atoms with E-state index < -0.39 is 0 Å². The van der Waals surface area contributed by atoms with Crippen LogP contribution in [0.3, 0.4) is 0 Å². The van der Waals surface area contributed by atoms with Crippen LogP contribution in [0.1, 0.15) is 16.8 Å². The lowest BCUT2D eigenvalue weighted by molar-refractivity contribution is 0.0787. The highest BCUT2D eigenvalue weighted by Gasteiger charge is 2.26. The fourth-order valence-corrected chi connectivity index (χ4v) is 2.97. The Hall–Kier alpha value is -1.66. The van der Waals surface area contributed by atoms with E-state index in [0.29, 0.717) is 18.0 Å². The topological polar surface area (TPSA) is 64.2 Å². The SMILES string of the molecule is NCC1CCN(C(=O)c2cnn(-c3cccc(Br)c3)c2)C1. The van der Waals surface area contributed by atoms with E-state index in [1.807, 2.05) is 29.2 Å². The Morgan fingerprint density at radius 3 is 3.05 bits per heavy atom. The normalized spacial score (nSPS) is 18.2. The number of rotatable bonds is 3. The van der Waals surface area contributed by atoms with Gasteiger partial charge in [0.2, 0.25) is 0 Å². The fourth-order valence-electron chi connectivity index (χ4n) is 2.59. The molecule has 0 bridgehead atoms. The molecule has 1 atom stereocenters. The van der Waals surface area contributed by atoms with Crippen LogP contribution in [0.2, 0.25) is 0 Å². The molecule has 0 radical (unpaired) electrons. The van der Waals surface area contributed by atoms with Gasteiger partial charge in [-0.25, -0.2) is 4.68 Å². The van der Waals surface area contributed by atoms with Crippen molar-refractivity contribution in [3.8, 4) is 5.69 Å². The van der Waals surface area contributed by atoms with Gasteiger partial charge in [0.1, 0.15) is 0 Å². The molecule has 1 aliphatic rings. The molecule has 3 rings (SSSR count). The van der Waals surface area contributed by atoms with Crippen molar-refractivity contribution in [1.29, 1.82) is 0 Å². The molecule has 1 aromatic heterocycles. The zero-order valence-electron chi connectivity index (χ0n) is 11.6. The molecular formula is C15H17BrN4O. The van der Waals surface area contributed by atoms with Gasteiger partial charge in [-0.1, -0.05) is 22.0 Å². The van der Waals surface area contributed by atoms with Crippen molar-refractivity contribution in [1.82, 2.24) is 14.7 Å². The Kier molecular flexibility index (Phi) is 4.07. The maximum atomic E-state index is 12.4. The molecule has 6 heteroatoms. The number of carbonyl (C=O) groups is 1. The number of nitrogens with two attached hydrogens (primary N) is 1. The van der Waals surface area contributed by atoms with Gasteiger partial charge >= 0.3 is 0 Å². The van der Waals surface area contributed by atoms with Crippen molar-refractivity contribution >= 4 is 21.8 Å². The van der Waals surface area contributed by atoms with Gasteiger partial charge < -0.3 is 10.6 Å². The average Bonchev–Trinajstić information content (AvgIpc) is 3.16. The lowest BCUT2D eigenvalue weighted by Gasteiger charge is -2.14. The van der Waals surface area contributed by atoms with E-state index in [-0.39, 0.29) is 5.91 Å². The summed E-state index contributed by atoms with van der Waals surface area (Å²) in [5.74, 6) is 0.460. The van der Waals surface area contributed by atoms with Crippen molar-refractivity contribution in [2.24, 2.45) is 11.7 Å². The zero-order valence-corrected chi connectivity index (χ0v) is 13.2. The molecule has 21 heavy (non-hydrogen) atoms. The molecule has 1 fully saturated rings. The molecule has 5 nitrogen and oxygen atoms in total. The minimum atomic E-state index is 0.0344. The summed E-state index contributed by atoms with van der Waals surface area (Å²) >= 11 is 3.44. The van der Waals surface area contributed by atoms with E-state index in [4.69, 9.17) is 5.73 Å². The third-order valence-corrected chi connectivity index (χ3v) is 4.30. The quantitative estimate of drug-likeness (QED) is 0.923. The van der Waals surface area contributed by atoms with Crippen LogP contribution < -0.4 is 5.73 Å². The minimum absolute atomic E-state index is 0.0344. The Bertz CT molecular complexity index is 655. The first-order valence-corrected chi connectivity index (χ1v) is 7.76. The van der Waals surface area contributed by atoms with Crippen LogP contribution >= 0.6 is 15.9 Å². The van der Waals surface area contributed by atoms with Gasteiger partial charge in [-0.3, -0.25) is 4.79 Å². The van der Waals surface area contributed by atoms with Gasteiger partial charge in [-0.2, -0.15) is 5.10 Å². The maximum Gasteiger partial charge on any atom is 0.257 e. The van der Waals surface area contributed by atoms with Gasteiger partial charge in [0.25, 0.3) is 5.91 Å². The average molecular weight is 349 g/mol. The largest absolute Gasteiger partial charge is 0.338 e. The smallest absolute Gasteiger partial charge is 0.257 e. The second kappa shape index (κ2) is 5.99. The maximum absolute atomic E-state index is 12.4. The first-order valence-electron chi connectivity index (χ1n) is 6.97. The Labute approximate surface area is 131 Å². The van der Waals surface area contributed by atoms with Crippen LogP contribution in [-0.4, -0.2) is 40.2 Å². The number of halogens is 1. The van der Waals surface area contributed by atoms with Crippen molar-refractivity contribution in [2.75, 3.05) is 19.6 Å². The van der Waals surface area contributed by atoms with Gasteiger partial charge in [0.05, 0.1) is 17.4 Å². The van der Waals surface area contributed by atoms with E-state index in [2.05, 4.69) is 21.0 Å². The van der Waals surface area contributed by atoms with Crippen LogP contribution in [0.5, 0.6) is 0 Å². The van der Waals surface area contributed by atoms with E-state index in [0.717, 1.165) is 29.7 Å². The first kappa shape index (κ1) is 14.3. The number of nitrogens with zero attached hydrogens (tertiary/aromatic N) is 3. The van der Waals surface area contributed by atoms with Crippen molar-refractivity contribution in [3.05, 3.63) is 46.7 Å². The minimum Gasteiger partial charge on any atom is -0.338 e. The molecule has 0 saturated carbocycles. The van der Waals surface area contributed by atoms with Gasteiger partial charge in [-0.05, 0) is 37.1 Å². The van der Waals surface area contributed by atoms with Crippen LogP contribution in [0, 0.1) is 5.92 Å². The van der Waals surface area contributed by atoms with E-state index in [1.54, 1.807) is 17.1 Å². The summed E-state index contributed by atoms with van der Waals surface area (Å²) in [7, 11) is 0. The molecule has 110 valence electrons. The number of carbonyl (C=O) groups excluding carboxylic acids is 1. The highest BCUT2D eigenvalue weighted by molar-refractivity contribution is 9.10. The van der Waals surface area contributed by atoms with Crippen molar-refractivity contribution < 1.29 is 4.79 Å². The number of hydrogen-bond acceptors (Lipinski definition) is 3. The summed E-state index contributed by atoms with van der Waals surface area (Å²) in [6.45, 7) is 2.17. The van der Waals surface area contributed by atoms with Gasteiger partial charge in [-0.15, -0.1) is 0 Å². The third kappa shape index (κ3) is 3.01. The molecule has 2 N–H and O–H groups in total. The second-order valence-electron chi connectivity index (χ2n) is 5.30. The zero-order chi connectivity index (χ0) is 14.8. The molecule has 1 unspecified atom stereocenters. The monoisotopic (exact) mass is 348 g/mol. The first-order chi connectivity index (χ1) is 10.2. The van der Waals surface area contributed by atoms with E-state index >= 15 is 0 Å². The summed E-state index contributed by atoms with van der Waals surface area (Å²) in [5.41, 5.74) is 7.21. The number of aromatic nitrogens is 2. The summed E-state index contributed by atoms with van der Waals surface area (Å²) < 4.78 is 2.70. The Balaban J connectivity index is 1.77. The lowest BCUT2D eigenvalue weighted by atomic mass is 10.1. The predicted molar refractivity (Wildman–Crippen MR) is 84.3 cm³/mol. The molecule has 1 aromatic carbocycles. The highest BCUT2D eigenvalue weighted by atomic mass is 79.9. The second-order valence-corrected chi connectivity index (χ2v) is 6.21. The molecular weight excluding hydrogens is 332 g/mol. The number of benzene rings is 1. The molecule has 0 aliphatic carbocycles. The van der Waals surface area contributed by atoms with Crippen LogP contribution in [-0.2, 0) is 0 Å². The Morgan fingerprint density at radius 1 is 1.48 bits per heavy atom. The fraction of sp³-hybridized carbons (Fsp3) is 0.333. The lowest BCUT2D eigenvalue weighted by Crippen LogP contribution is -2.29. The molecule has 1 amide bonds. The van der Waals surface area contributed by atoms with Crippen LogP contribution in [0.4, 0.5) is 0 Å². The van der Waals surface area contributed by atoms with Gasteiger partial charge in [0.15, 0.2) is 0 Å². The number of likely N-dealkylation sites (tertiary alicyclic amines) is 1. The highest BCUT2D eigenvalue weighted by Crippen LogP contribution is 2.19. The van der Waals surface area contributed by atoms with Crippen LogP contribution in [0.15, 0.2) is 41.1 Å². The van der Waals surface area contributed by atoms with Gasteiger partial charge in [0, 0.05) is 23.8 Å².